The highest BCUT2D eigenvalue weighted by Gasteiger charge is 2.23. The van der Waals surface area contributed by atoms with E-state index in [0.29, 0.717) is 22.7 Å². The molecule has 0 aliphatic heterocycles. The molecule has 19 heavy (non-hydrogen) atoms. The Bertz CT molecular complexity index is 560. The summed E-state index contributed by atoms with van der Waals surface area (Å²) in [6.07, 6.45) is 4.78. The van der Waals surface area contributed by atoms with Crippen LogP contribution in [0.4, 0.5) is 11.4 Å². The largest absolute Gasteiger partial charge is 0.382 e. The van der Waals surface area contributed by atoms with Gasteiger partial charge in [-0.3, -0.25) is 4.72 Å². The predicted molar refractivity (Wildman–Crippen MR) is 80.3 cm³/mol. The highest BCUT2D eigenvalue weighted by atomic mass is 35.5. The highest BCUT2D eigenvalue weighted by Crippen LogP contribution is 2.31. The number of sulfonamides is 1. The zero-order valence-electron chi connectivity index (χ0n) is 11.1. The van der Waals surface area contributed by atoms with Crippen molar-refractivity contribution in [1.29, 1.82) is 0 Å². The maximum Gasteiger partial charge on any atom is 0.229 e. The van der Waals surface area contributed by atoms with Crippen molar-refractivity contribution in [2.75, 3.05) is 16.3 Å². The summed E-state index contributed by atoms with van der Waals surface area (Å²) < 4.78 is 24.7. The van der Waals surface area contributed by atoms with Gasteiger partial charge < -0.3 is 5.32 Å². The SMILES string of the molecule is CC1CCCC1Nc1ccc(NS(C)(=O)=O)c(Cl)c1. The molecule has 0 heterocycles. The van der Waals surface area contributed by atoms with Gasteiger partial charge in [0.15, 0.2) is 0 Å². The Morgan fingerprint density at radius 2 is 2.05 bits per heavy atom. The van der Waals surface area contributed by atoms with Gasteiger partial charge in [-0.15, -0.1) is 0 Å². The van der Waals surface area contributed by atoms with Crippen LogP contribution in [0.5, 0.6) is 0 Å². The van der Waals surface area contributed by atoms with Crippen molar-refractivity contribution in [2.45, 2.75) is 32.2 Å². The molecule has 1 aromatic rings. The van der Waals surface area contributed by atoms with Crippen molar-refractivity contribution < 1.29 is 8.42 Å². The van der Waals surface area contributed by atoms with E-state index in [4.69, 9.17) is 11.6 Å². The second-order valence-electron chi connectivity index (χ2n) is 5.23. The third-order valence-electron chi connectivity index (χ3n) is 3.48. The van der Waals surface area contributed by atoms with Gasteiger partial charge in [0.1, 0.15) is 0 Å². The van der Waals surface area contributed by atoms with Gasteiger partial charge in [0, 0.05) is 11.7 Å². The first-order valence-electron chi connectivity index (χ1n) is 6.39. The standard InChI is InChI=1S/C13H19ClN2O2S/c1-9-4-3-5-12(9)15-10-6-7-13(11(14)8-10)16-19(2,17)18/h6-9,12,15-16H,3-5H2,1-2H3. The van der Waals surface area contributed by atoms with Gasteiger partial charge in [-0.2, -0.15) is 0 Å². The first-order valence-corrected chi connectivity index (χ1v) is 8.66. The van der Waals surface area contributed by atoms with Crippen molar-refractivity contribution in [3.05, 3.63) is 23.2 Å². The molecule has 0 bridgehead atoms. The Kier molecular flexibility index (Phi) is 4.26. The number of hydrogen-bond acceptors (Lipinski definition) is 3. The number of rotatable bonds is 4. The fourth-order valence-corrected chi connectivity index (χ4v) is 3.32. The molecule has 106 valence electrons. The molecule has 1 aromatic carbocycles. The second kappa shape index (κ2) is 5.59. The summed E-state index contributed by atoms with van der Waals surface area (Å²) in [6, 6.07) is 5.78. The molecule has 1 aliphatic carbocycles. The Balaban J connectivity index is 2.10. The lowest BCUT2D eigenvalue weighted by atomic mass is 10.1. The van der Waals surface area contributed by atoms with Crippen LogP contribution in [0.25, 0.3) is 0 Å². The molecule has 1 aliphatic rings. The molecule has 1 fully saturated rings. The molecule has 1 saturated carbocycles. The molecule has 0 aromatic heterocycles. The lowest BCUT2D eigenvalue weighted by Crippen LogP contribution is -2.21. The van der Waals surface area contributed by atoms with Crippen LogP contribution in [-0.2, 0) is 10.0 Å². The van der Waals surface area contributed by atoms with Gasteiger partial charge in [0.05, 0.1) is 17.0 Å². The number of anilines is 2. The molecule has 2 N–H and O–H groups in total. The molecule has 4 nitrogen and oxygen atoms in total. The summed E-state index contributed by atoms with van der Waals surface area (Å²) >= 11 is 6.09. The molecule has 2 unspecified atom stereocenters. The van der Waals surface area contributed by atoms with Gasteiger partial charge in [-0.05, 0) is 37.0 Å². The number of hydrogen-bond donors (Lipinski definition) is 2. The Morgan fingerprint density at radius 3 is 2.58 bits per heavy atom. The fourth-order valence-electron chi connectivity index (χ4n) is 2.46. The van der Waals surface area contributed by atoms with Crippen molar-refractivity contribution >= 4 is 33.0 Å². The van der Waals surface area contributed by atoms with Gasteiger partial charge in [-0.1, -0.05) is 24.9 Å². The first kappa shape index (κ1) is 14.5. The lowest BCUT2D eigenvalue weighted by Gasteiger charge is -2.19. The fraction of sp³-hybridized carbons (Fsp3) is 0.538. The average molecular weight is 303 g/mol. The molecular formula is C13H19ClN2O2S. The minimum absolute atomic E-state index is 0.404. The van der Waals surface area contributed by atoms with Crippen molar-refractivity contribution in [3.8, 4) is 0 Å². The van der Waals surface area contributed by atoms with Crippen LogP contribution in [0.2, 0.25) is 5.02 Å². The zero-order chi connectivity index (χ0) is 14.0. The Hall–Kier alpha value is -0.940. The van der Waals surface area contributed by atoms with Gasteiger partial charge in [-0.25, -0.2) is 8.42 Å². The zero-order valence-corrected chi connectivity index (χ0v) is 12.7. The molecule has 2 rings (SSSR count). The summed E-state index contributed by atoms with van der Waals surface area (Å²) in [5, 5.41) is 3.86. The van der Waals surface area contributed by atoms with E-state index in [2.05, 4.69) is 17.0 Å². The third-order valence-corrected chi connectivity index (χ3v) is 4.38. The highest BCUT2D eigenvalue weighted by molar-refractivity contribution is 7.92. The number of benzene rings is 1. The van der Waals surface area contributed by atoms with Crippen molar-refractivity contribution in [3.63, 3.8) is 0 Å². The Morgan fingerprint density at radius 1 is 1.32 bits per heavy atom. The van der Waals surface area contributed by atoms with E-state index in [9.17, 15) is 8.42 Å². The normalized spacial score (nSPS) is 23.3. The number of nitrogens with one attached hydrogen (secondary N) is 2. The molecule has 2 atom stereocenters. The van der Waals surface area contributed by atoms with Crippen LogP contribution in [0, 0.1) is 5.92 Å². The lowest BCUT2D eigenvalue weighted by molar-refractivity contribution is 0.556. The van der Waals surface area contributed by atoms with E-state index < -0.39 is 10.0 Å². The van der Waals surface area contributed by atoms with E-state index in [0.717, 1.165) is 11.9 Å². The number of halogens is 1. The van der Waals surface area contributed by atoms with Crippen LogP contribution < -0.4 is 10.0 Å². The van der Waals surface area contributed by atoms with E-state index in [1.54, 1.807) is 12.1 Å². The summed E-state index contributed by atoms with van der Waals surface area (Å²) in [5.74, 6) is 0.660. The third kappa shape index (κ3) is 4.01. The van der Waals surface area contributed by atoms with Crippen molar-refractivity contribution in [1.82, 2.24) is 0 Å². The minimum atomic E-state index is -3.30. The van der Waals surface area contributed by atoms with E-state index in [1.807, 2.05) is 6.07 Å². The van der Waals surface area contributed by atoms with Crippen LogP contribution in [0.1, 0.15) is 26.2 Å². The molecule has 0 amide bonds. The molecule has 0 radical (unpaired) electrons. The molecule has 6 heteroatoms. The molecule has 0 spiro atoms. The smallest absolute Gasteiger partial charge is 0.229 e. The van der Waals surface area contributed by atoms with E-state index in [1.165, 1.54) is 19.3 Å². The topological polar surface area (TPSA) is 58.2 Å². The summed E-state index contributed by atoms with van der Waals surface area (Å²) in [6.45, 7) is 2.24. The second-order valence-corrected chi connectivity index (χ2v) is 7.38. The Labute approximate surface area is 119 Å². The van der Waals surface area contributed by atoms with Gasteiger partial charge >= 0.3 is 0 Å². The average Bonchev–Trinajstić information content (AvgIpc) is 2.67. The summed E-state index contributed by atoms with van der Waals surface area (Å²) in [4.78, 5) is 0. The quantitative estimate of drug-likeness (QED) is 0.897. The molecular weight excluding hydrogens is 284 g/mol. The monoisotopic (exact) mass is 302 g/mol. The maximum absolute atomic E-state index is 11.2. The molecule has 0 saturated heterocycles. The van der Waals surface area contributed by atoms with Gasteiger partial charge in [0.2, 0.25) is 10.0 Å². The summed E-state index contributed by atoms with van der Waals surface area (Å²) in [5.41, 5.74) is 1.34. The van der Waals surface area contributed by atoms with Crippen LogP contribution in [-0.4, -0.2) is 20.7 Å². The maximum atomic E-state index is 11.2. The van der Waals surface area contributed by atoms with E-state index >= 15 is 0 Å². The van der Waals surface area contributed by atoms with Gasteiger partial charge in [0.25, 0.3) is 0 Å². The summed E-state index contributed by atoms with van der Waals surface area (Å²) in [7, 11) is -3.30. The van der Waals surface area contributed by atoms with Crippen molar-refractivity contribution in [2.24, 2.45) is 5.92 Å². The first-order chi connectivity index (χ1) is 8.85. The van der Waals surface area contributed by atoms with E-state index in [-0.39, 0.29) is 0 Å². The van der Waals surface area contributed by atoms with Crippen LogP contribution in [0.15, 0.2) is 18.2 Å². The minimum Gasteiger partial charge on any atom is -0.382 e. The van der Waals surface area contributed by atoms with Crippen LogP contribution in [0.3, 0.4) is 0 Å². The predicted octanol–water partition coefficient (Wildman–Crippen LogP) is 3.31. The van der Waals surface area contributed by atoms with Crippen LogP contribution >= 0.6 is 11.6 Å².